The lowest BCUT2D eigenvalue weighted by molar-refractivity contribution is -0.147. The molecule has 60 heavy (non-hydrogen) atoms. The Kier molecular flexibility index (Phi) is 13.8. The van der Waals surface area contributed by atoms with Crippen molar-refractivity contribution in [1.82, 2.24) is 30.3 Å². The fraction of sp³-hybridized carbons (Fsp3) is 0.558. The molecular weight excluding hydrogens is 794 g/mol. The van der Waals surface area contributed by atoms with E-state index in [-0.39, 0.29) is 31.2 Å². The maximum absolute atomic E-state index is 16.6. The van der Waals surface area contributed by atoms with Crippen LogP contribution < -0.4 is 15.6 Å². The second-order valence-corrected chi connectivity index (χ2v) is 18.1. The van der Waals surface area contributed by atoms with Gasteiger partial charge < -0.3 is 39.2 Å². The highest BCUT2D eigenvalue weighted by molar-refractivity contribution is 7.10. The summed E-state index contributed by atoms with van der Waals surface area (Å²) >= 11 is 1.22. The number of benzene rings is 1. The first-order chi connectivity index (χ1) is 28.4. The number of aryl methyl sites for hydroxylation is 1. The zero-order chi connectivity index (χ0) is 43.5. The number of carbonyl (C=O) groups is 3. The SMILES string of the molecule is CCn1c(-c2cc(N3CCOCC3)cnc2[C@H](C)OC)c(CC(C)(C)CO)c2cc(-c3csc(C[C@H](NC(=O)OC(C)(C)C)C(=O)N4CCC[C@@H](C(=O)O)N4)n3)c(F)cc21. The number of pyridine rings is 1. The number of hydrazine groups is 1. The molecule has 1 aromatic carbocycles. The molecule has 0 saturated carbocycles. The summed E-state index contributed by atoms with van der Waals surface area (Å²) in [6, 6.07) is 3.36. The zero-order valence-electron chi connectivity index (χ0n) is 35.8. The first-order valence-electron chi connectivity index (χ1n) is 20.5. The van der Waals surface area contributed by atoms with E-state index < -0.39 is 46.9 Å². The number of aliphatic hydroxyl groups is 1. The highest BCUT2D eigenvalue weighted by atomic mass is 32.1. The molecule has 4 aromatic rings. The van der Waals surface area contributed by atoms with Crippen molar-refractivity contribution in [2.24, 2.45) is 5.41 Å². The van der Waals surface area contributed by atoms with Gasteiger partial charge in [-0.05, 0) is 83.1 Å². The number of halogens is 1. The van der Waals surface area contributed by atoms with E-state index in [1.54, 1.807) is 33.3 Å². The average Bonchev–Trinajstić information content (AvgIpc) is 3.80. The monoisotopic (exact) mass is 851 g/mol. The summed E-state index contributed by atoms with van der Waals surface area (Å²) in [5.74, 6) is -2.12. The number of aromatic nitrogens is 3. The number of carbonyl (C=O) groups excluding carboxylic acids is 2. The summed E-state index contributed by atoms with van der Waals surface area (Å²) in [5.41, 5.74) is 7.01. The Balaban J connectivity index is 1.43. The van der Waals surface area contributed by atoms with Crippen LogP contribution >= 0.6 is 11.3 Å². The molecule has 2 aliphatic rings. The molecule has 0 aliphatic carbocycles. The number of carboxylic acid groups (broad SMARTS) is 1. The normalized spacial score (nSPS) is 17.5. The Morgan fingerprint density at radius 2 is 1.85 bits per heavy atom. The van der Waals surface area contributed by atoms with Crippen molar-refractivity contribution in [2.75, 3.05) is 51.5 Å². The quantitative estimate of drug-likeness (QED) is 0.115. The Labute approximate surface area is 354 Å². The van der Waals surface area contributed by atoms with E-state index in [1.165, 1.54) is 22.4 Å². The van der Waals surface area contributed by atoms with Crippen molar-refractivity contribution in [1.29, 1.82) is 0 Å². The fourth-order valence-corrected chi connectivity index (χ4v) is 8.57. The topological polar surface area (TPSA) is 181 Å². The van der Waals surface area contributed by atoms with Crippen LogP contribution in [-0.2, 0) is 43.2 Å². The first-order valence-corrected chi connectivity index (χ1v) is 21.4. The van der Waals surface area contributed by atoms with Crippen molar-refractivity contribution in [3.05, 3.63) is 51.9 Å². The number of hydrogen-bond acceptors (Lipinski definition) is 12. The highest BCUT2D eigenvalue weighted by Gasteiger charge is 2.35. The van der Waals surface area contributed by atoms with Gasteiger partial charge in [0.1, 0.15) is 23.5 Å². The number of aliphatic carboxylic acids is 1. The van der Waals surface area contributed by atoms with Crippen LogP contribution in [-0.4, -0.2) is 112 Å². The number of ether oxygens (including phenoxy) is 3. The Hall–Kier alpha value is -4.68. The predicted octanol–water partition coefficient (Wildman–Crippen LogP) is 6.11. The van der Waals surface area contributed by atoms with Crippen LogP contribution in [0.4, 0.5) is 14.9 Å². The molecule has 4 N–H and O–H groups in total. The van der Waals surface area contributed by atoms with Gasteiger partial charge >= 0.3 is 12.1 Å². The molecule has 2 saturated heterocycles. The van der Waals surface area contributed by atoms with Crippen molar-refractivity contribution in [3.8, 4) is 22.5 Å². The van der Waals surface area contributed by atoms with E-state index in [2.05, 4.69) is 26.3 Å². The molecule has 17 heteroatoms. The molecule has 6 rings (SSSR count). The second kappa shape index (κ2) is 18.5. The third-order valence-electron chi connectivity index (χ3n) is 10.9. The number of nitrogens with one attached hydrogen (secondary N) is 2. The Bertz CT molecular complexity index is 2190. The molecule has 0 radical (unpaired) electrons. The van der Waals surface area contributed by atoms with Crippen LogP contribution in [0, 0.1) is 11.2 Å². The summed E-state index contributed by atoms with van der Waals surface area (Å²) in [4.78, 5) is 50.6. The van der Waals surface area contributed by atoms with Crippen LogP contribution in [0.15, 0.2) is 29.8 Å². The van der Waals surface area contributed by atoms with Crippen LogP contribution in [0.5, 0.6) is 0 Å². The minimum atomic E-state index is -1.16. The van der Waals surface area contributed by atoms with Crippen molar-refractivity contribution in [3.63, 3.8) is 0 Å². The number of thiazole rings is 1. The molecule has 15 nitrogen and oxygen atoms in total. The van der Waals surface area contributed by atoms with Gasteiger partial charge in [-0.15, -0.1) is 11.3 Å². The van der Waals surface area contributed by atoms with Gasteiger partial charge in [-0.3, -0.25) is 19.6 Å². The summed E-state index contributed by atoms with van der Waals surface area (Å²) in [5, 5.41) is 27.0. The van der Waals surface area contributed by atoms with Gasteiger partial charge in [0, 0.05) is 68.2 Å². The molecule has 5 heterocycles. The number of rotatable bonds is 14. The molecule has 2 amide bonds. The van der Waals surface area contributed by atoms with E-state index in [0.29, 0.717) is 55.2 Å². The maximum atomic E-state index is 16.6. The Morgan fingerprint density at radius 1 is 1.12 bits per heavy atom. The number of anilines is 1. The van der Waals surface area contributed by atoms with Gasteiger partial charge in [-0.25, -0.2) is 19.6 Å². The highest BCUT2D eigenvalue weighted by Crippen LogP contribution is 2.43. The van der Waals surface area contributed by atoms with Crippen LogP contribution in [0.25, 0.3) is 33.4 Å². The second-order valence-electron chi connectivity index (χ2n) is 17.2. The van der Waals surface area contributed by atoms with E-state index in [4.69, 9.17) is 24.2 Å². The minimum Gasteiger partial charge on any atom is -0.480 e. The summed E-state index contributed by atoms with van der Waals surface area (Å²) < 4.78 is 35.6. The fourth-order valence-electron chi connectivity index (χ4n) is 7.73. The first kappa shape index (κ1) is 44.9. The lowest BCUT2D eigenvalue weighted by Gasteiger charge is -2.34. The number of morpholine rings is 1. The molecule has 2 aliphatic heterocycles. The van der Waals surface area contributed by atoms with Crippen LogP contribution in [0.3, 0.4) is 0 Å². The molecule has 3 atom stereocenters. The molecule has 0 spiro atoms. The standard InChI is InChI=1S/C43H58FN7O8S/c1-9-50-35-19-31(44)28(34-23-60-36(46-34)20-33(47-41(56)59-42(3,4)5)39(53)51-12-10-11-32(48-51)40(54)55)18-27(35)30(21-43(6,7)24-52)38(50)29-17-26(49-13-15-58-16-14-49)22-45-37(29)25(2)57-8/h17-19,22-23,25,32-33,48,52H,9-16,20-21,24H2,1-8H3,(H,47,56)(H,54,55)/t25-,32-,33-/m0/s1. The van der Waals surface area contributed by atoms with Crippen molar-refractivity contribution in [2.45, 2.75) is 104 Å². The van der Waals surface area contributed by atoms with Crippen LogP contribution in [0.2, 0.25) is 0 Å². The maximum Gasteiger partial charge on any atom is 0.408 e. The number of alkyl carbamates (subject to hydrolysis) is 1. The third-order valence-corrected chi connectivity index (χ3v) is 11.7. The van der Waals surface area contributed by atoms with Gasteiger partial charge in [-0.1, -0.05) is 13.8 Å². The molecule has 326 valence electrons. The molecule has 0 unspecified atom stereocenters. The van der Waals surface area contributed by atoms with E-state index in [0.717, 1.165) is 46.7 Å². The predicted molar refractivity (Wildman–Crippen MR) is 227 cm³/mol. The molecule has 3 aromatic heterocycles. The van der Waals surface area contributed by atoms with Crippen LogP contribution in [0.1, 0.15) is 83.7 Å². The van der Waals surface area contributed by atoms with Gasteiger partial charge in [0.2, 0.25) is 0 Å². The average molecular weight is 852 g/mol. The number of hydrogen-bond donors (Lipinski definition) is 4. The lowest BCUT2D eigenvalue weighted by Crippen LogP contribution is -2.60. The number of carboxylic acids is 1. The number of aliphatic hydroxyl groups excluding tert-OH is 1. The molecular formula is C43H58FN7O8S. The largest absolute Gasteiger partial charge is 0.480 e. The number of nitrogens with zero attached hydrogens (tertiary/aromatic N) is 5. The zero-order valence-corrected chi connectivity index (χ0v) is 36.6. The van der Waals surface area contributed by atoms with Crippen molar-refractivity contribution < 1.29 is 43.2 Å². The van der Waals surface area contributed by atoms with E-state index in [9.17, 15) is 24.6 Å². The van der Waals surface area contributed by atoms with Gasteiger partial charge in [-0.2, -0.15) is 0 Å². The van der Waals surface area contributed by atoms with Crippen molar-refractivity contribution >= 4 is 45.9 Å². The third kappa shape index (κ3) is 10.1. The van der Waals surface area contributed by atoms with E-state index >= 15 is 4.39 Å². The lowest BCUT2D eigenvalue weighted by atomic mass is 9.84. The summed E-state index contributed by atoms with van der Waals surface area (Å²) in [7, 11) is 1.64. The number of methoxy groups -OCH3 is 1. The number of amides is 2. The number of fused-ring (bicyclic) bond motifs is 1. The smallest absolute Gasteiger partial charge is 0.408 e. The van der Waals surface area contributed by atoms with E-state index in [1.807, 2.05) is 40.0 Å². The molecule has 0 bridgehead atoms. The summed E-state index contributed by atoms with van der Waals surface area (Å²) in [6.07, 6.45) is 1.91. The minimum absolute atomic E-state index is 0.0538. The summed E-state index contributed by atoms with van der Waals surface area (Å²) in [6.45, 7) is 16.4. The Morgan fingerprint density at radius 3 is 2.50 bits per heavy atom. The van der Waals surface area contributed by atoms with Gasteiger partial charge in [0.15, 0.2) is 0 Å². The molecule has 2 fully saturated rings. The van der Waals surface area contributed by atoms with Gasteiger partial charge in [0.25, 0.3) is 5.91 Å². The van der Waals surface area contributed by atoms with Gasteiger partial charge in [0.05, 0.1) is 58.8 Å².